The molecule has 1 aromatic heterocycles. The number of methoxy groups -OCH3 is 1. The molecule has 1 aliphatic carbocycles. The van der Waals surface area contributed by atoms with Crippen molar-refractivity contribution in [1.29, 1.82) is 0 Å². The predicted molar refractivity (Wildman–Crippen MR) is 177 cm³/mol. The van der Waals surface area contributed by atoms with Crippen LogP contribution in [-0.2, 0) is 13.0 Å². The largest absolute Gasteiger partial charge is 0.493 e. The number of fused-ring (bicyclic) bond motifs is 3. The van der Waals surface area contributed by atoms with Crippen molar-refractivity contribution in [3.63, 3.8) is 0 Å². The van der Waals surface area contributed by atoms with E-state index in [0.29, 0.717) is 15.1 Å². The van der Waals surface area contributed by atoms with Gasteiger partial charge in [-0.1, -0.05) is 94.0 Å². The number of aryl methyl sites for hydroxylation is 1. The Kier molecular flexibility index (Phi) is 7.68. The van der Waals surface area contributed by atoms with E-state index >= 15 is 0 Å². The van der Waals surface area contributed by atoms with E-state index in [0.717, 1.165) is 45.3 Å². The summed E-state index contributed by atoms with van der Waals surface area (Å²) in [6, 6.07) is 28.3. The van der Waals surface area contributed by atoms with E-state index in [1.165, 1.54) is 30.1 Å². The molecular weight excluding hydrogens is 654 g/mol. The lowest BCUT2D eigenvalue weighted by atomic mass is 9.83. The van der Waals surface area contributed by atoms with Gasteiger partial charge in [0.2, 0.25) is 0 Å². The van der Waals surface area contributed by atoms with Gasteiger partial charge < -0.3 is 9.47 Å². The Balaban J connectivity index is 1.38. The van der Waals surface area contributed by atoms with Crippen LogP contribution < -0.4 is 24.4 Å². The normalized spacial score (nSPS) is 15.5. The Morgan fingerprint density at radius 1 is 1.02 bits per heavy atom. The van der Waals surface area contributed by atoms with Crippen LogP contribution in [0.3, 0.4) is 0 Å². The van der Waals surface area contributed by atoms with Crippen LogP contribution in [0, 0.1) is 10.1 Å². The summed E-state index contributed by atoms with van der Waals surface area (Å²) in [4.78, 5) is 31.5. The molecule has 10 heteroatoms. The molecule has 1 atom stereocenters. The molecule has 0 amide bonds. The lowest BCUT2D eigenvalue weighted by Crippen LogP contribution is -2.38. The topological polar surface area (TPSA) is 96.0 Å². The Morgan fingerprint density at radius 2 is 1.78 bits per heavy atom. The molecule has 0 unspecified atom stereocenters. The number of aromatic nitrogens is 1. The molecule has 1 aliphatic heterocycles. The minimum absolute atomic E-state index is 0.192. The smallest absolute Gasteiger partial charge is 0.280 e. The van der Waals surface area contributed by atoms with Gasteiger partial charge in [0, 0.05) is 10.0 Å². The fourth-order valence-electron chi connectivity index (χ4n) is 5.95. The van der Waals surface area contributed by atoms with Gasteiger partial charge in [-0.2, -0.15) is 0 Å². The second-order valence-corrected chi connectivity index (χ2v) is 12.7. The predicted octanol–water partition coefficient (Wildman–Crippen LogP) is 6.58. The molecule has 7 rings (SSSR count). The van der Waals surface area contributed by atoms with Crippen molar-refractivity contribution in [3.8, 4) is 11.5 Å². The first kappa shape index (κ1) is 28.9. The molecule has 8 nitrogen and oxygen atoms in total. The summed E-state index contributed by atoms with van der Waals surface area (Å²) < 4.78 is 14.5. The first-order valence-corrected chi connectivity index (χ1v) is 15.9. The van der Waals surface area contributed by atoms with E-state index in [9.17, 15) is 14.9 Å². The zero-order chi connectivity index (χ0) is 31.1. The maximum Gasteiger partial charge on any atom is 0.280 e. The van der Waals surface area contributed by atoms with Crippen molar-refractivity contribution in [2.75, 3.05) is 7.11 Å². The summed E-state index contributed by atoms with van der Waals surface area (Å²) in [6.45, 7) is 0.218. The number of ether oxygens (including phenoxy) is 2. The molecule has 0 saturated carbocycles. The number of thiazole rings is 1. The summed E-state index contributed by atoms with van der Waals surface area (Å²) in [5.74, 6) is 0.573. The van der Waals surface area contributed by atoms with E-state index < -0.39 is 4.92 Å². The second kappa shape index (κ2) is 11.9. The summed E-state index contributed by atoms with van der Waals surface area (Å²) in [5.41, 5.74) is 5.96. The van der Waals surface area contributed by atoms with E-state index in [2.05, 4.69) is 28.1 Å². The number of benzene rings is 4. The van der Waals surface area contributed by atoms with Crippen LogP contribution in [0.25, 0.3) is 11.8 Å². The third kappa shape index (κ3) is 5.40. The molecule has 2 aliphatic rings. The fraction of sp³-hybridized carbons (Fsp3) is 0.143. The number of hydrogen-bond acceptors (Lipinski definition) is 7. The zero-order valence-electron chi connectivity index (χ0n) is 24.1. The SMILES string of the molecule is COc1cc(/C=c2\sc3n(c2=O)[C@H](c2ccc(Br)cc2)C2=C(N=3)c3ccccc3CC2)c([N+](=O)[O-])cc1OCc1ccccc1. The van der Waals surface area contributed by atoms with Gasteiger partial charge in [0.15, 0.2) is 16.3 Å². The molecule has 2 heterocycles. The van der Waals surface area contributed by atoms with E-state index in [-0.39, 0.29) is 35.2 Å². The van der Waals surface area contributed by atoms with Gasteiger partial charge in [0.25, 0.3) is 11.2 Å². The van der Waals surface area contributed by atoms with Gasteiger partial charge in [0.1, 0.15) is 6.61 Å². The number of rotatable bonds is 7. The molecule has 0 radical (unpaired) electrons. The number of nitrogens with zero attached hydrogens (tertiary/aromatic N) is 3. The van der Waals surface area contributed by atoms with Crippen LogP contribution in [0.15, 0.2) is 111 Å². The summed E-state index contributed by atoms with van der Waals surface area (Å²) in [7, 11) is 1.48. The van der Waals surface area contributed by atoms with Gasteiger partial charge >= 0.3 is 0 Å². The van der Waals surface area contributed by atoms with Crippen molar-refractivity contribution < 1.29 is 14.4 Å². The van der Waals surface area contributed by atoms with Crippen LogP contribution in [0.4, 0.5) is 5.69 Å². The number of hydrogen-bond donors (Lipinski definition) is 0. The summed E-state index contributed by atoms with van der Waals surface area (Å²) in [5, 5.41) is 12.2. The molecule has 45 heavy (non-hydrogen) atoms. The number of halogens is 1. The van der Waals surface area contributed by atoms with Crippen LogP contribution >= 0.6 is 27.3 Å². The number of nitro benzene ring substituents is 1. The Hall–Kier alpha value is -4.80. The van der Waals surface area contributed by atoms with E-state index in [4.69, 9.17) is 14.5 Å². The molecule has 5 aromatic rings. The highest BCUT2D eigenvalue weighted by Gasteiger charge is 2.32. The third-order valence-corrected chi connectivity index (χ3v) is 9.60. The lowest BCUT2D eigenvalue weighted by molar-refractivity contribution is -0.385. The van der Waals surface area contributed by atoms with Crippen molar-refractivity contribution in [1.82, 2.24) is 4.57 Å². The van der Waals surface area contributed by atoms with Gasteiger partial charge in [0.05, 0.1) is 39.9 Å². The van der Waals surface area contributed by atoms with Crippen molar-refractivity contribution in [2.45, 2.75) is 25.5 Å². The highest BCUT2D eigenvalue weighted by atomic mass is 79.9. The Labute approximate surface area is 270 Å². The molecule has 0 fully saturated rings. The molecule has 0 N–H and O–H groups in total. The van der Waals surface area contributed by atoms with Crippen molar-refractivity contribution >= 4 is 44.7 Å². The highest BCUT2D eigenvalue weighted by Crippen LogP contribution is 2.41. The fourth-order valence-corrected chi connectivity index (χ4v) is 7.21. The molecule has 0 bridgehead atoms. The average Bonchev–Trinajstić information content (AvgIpc) is 3.37. The van der Waals surface area contributed by atoms with Crippen LogP contribution in [0.2, 0.25) is 0 Å². The van der Waals surface area contributed by atoms with E-state index in [1.54, 1.807) is 16.7 Å². The van der Waals surface area contributed by atoms with E-state index in [1.807, 2.05) is 66.7 Å². The van der Waals surface area contributed by atoms with Crippen LogP contribution in [0.5, 0.6) is 11.5 Å². The minimum atomic E-state index is -0.474. The first-order chi connectivity index (χ1) is 21.9. The first-order valence-electron chi connectivity index (χ1n) is 14.3. The van der Waals surface area contributed by atoms with Gasteiger partial charge in [-0.25, -0.2) is 4.99 Å². The summed E-state index contributed by atoms with van der Waals surface area (Å²) >= 11 is 4.75. The summed E-state index contributed by atoms with van der Waals surface area (Å²) in [6.07, 6.45) is 3.18. The van der Waals surface area contributed by atoms with Crippen LogP contribution in [-0.4, -0.2) is 16.6 Å². The van der Waals surface area contributed by atoms with Gasteiger partial charge in [-0.05, 0) is 59.4 Å². The van der Waals surface area contributed by atoms with Crippen molar-refractivity contribution in [3.05, 3.63) is 159 Å². The number of nitro groups is 1. The van der Waals surface area contributed by atoms with Crippen LogP contribution in [0.1, 0.15) is 40.3 Å². The zero-order valence-corrected chi connectivity index (χ0v) is 26.5. The lowest BCUT2D eigenvalue weighted by Gasteiger charge is -2.30. The molecule has 4 aromatic carbocycles. The highest BCUT2D eigenvalue weighted by molar-refractivity contribution is 9.10. The Morgan fingerprint density at radius 3 is 2.53 bits per heavy atom. The quantitative estimate of drug-likeness (QED) is 0.143. The second-order valence-electron chi connectivity index (χ2n) is 10.8. The number of allylic oxidation sites excluding steroid dienone is 1. The minimum Gasteiger partial charge on any atom is -0.493 e. The van der Waals surface area contributed by atoms with Gasteiger partial charge in [-0.3, -0.25) is 19.5 Å². The standard InChI is InChI=1S/C35H26BrN3O5S/c1-43-29-17-24(28(39(41)42)19-30(29)44-20-21-7-3-2-4-8-21)18-31-34(40)38-33(23-11-14-25(36)15-12-23)27-16-13-22-9-5-6-10-26(22)32(27)37-35(38)45-31/h2-12,14-15,17-19,33H,13,16,20H2,1H3/b31-18-/t33-/m1/s1. The molecule has 0 saturated heterocycles. The monoisotopic (exact) mass is 679 g/mol. The molecular formula is C35H26BrN3O5S. The van der Waals surface area contributed by atoms with Crippen molar-refractivity contribution in [2.24, 2.45) is 4.99 Å². The third-order valence-electron chi connectivity index (χ3n) is 8.09. The maximum absolute atomic E-state index is 14.2. The molecule has 0 spiro atoms. The average molecular weight is 681 g/mol. The van der Waals surface area contributed by atoms with Gasteiger partial charge in [-0.15, -0.1) is 0 Å². The Bertz CT molecular complexity index is 2170. The maximum atomic E-state index is 14.2. The molecule has 224 valence electrons.